The van der Waals surface area contributed by atoms with Crippen molar-refractivity contribution in [3.05, 3.63) is 59.7 Å². The lowest BCUT2D eigenvalue weighted by molar-refractivity contribution is 0.0501. The zero-order valence-corrected chi connectivity index (χ0v) is 15.5. The van der Waals surface area contributed by atoms with Gasteiger partial charge in [-0.3, -0.25) is 0 Å². The molecule has 0 amide bonds. The normalized spacial score (nSPS) is 12.7. The van der Waals surface area contributed by atoms with E-state index >= 15 is 0 Å². The molecule has 2 rings (SSSR count). The summed E-state index contributed by atoms with van der Waals surface area (Å²) in [6.45, 7) is 5.20. The van der Waals surface area contributed by atoms with E-state index in [9.17, 15) is 5.11 Å². The summed E-state index contributed by atoms with van der Waals surface area (Å²) in [5.41, 5.74) is 2.33. The third-order valence-corrected chi connectivity index (χ3v) is 4.47. The Morgan fingerprint density at radius 3 is 1.88 bits per heavy atom. The molecular formula is C21H28O4. The standard InChI is InChI=1S/C21H28O4/c1-21(2,16-5-9-19(24-4)10-6-16)17-7-11-20(12-8-17)25-14-13-18(22)15-23-3/h5-12,18,22H,13-15H2,1-4H3. The molecule has 1 unspecified atom stereocenters. The molecule has 0 bridgehead atoms. The fourth-order valence-electron chi connectivity index (χ4n) is 2.73. The number of hydrogen-bond acceptors (Lipinski definition) is 4. The minimum Gasteiger partial charge on any atom is -0.497 e. The molecule has 1 N–H and O–H groups in total. The molecule has 0 radical (unpaired) electrons. The molecule has 4 heteroatoms. The van der Waals surface area contributed by atoms with Gasteiger partial charge in [-0.1, -0.05) is 38.1 Å². The molecule has 25 heavy (non-hydrogen) atoms. The van der Waals surface area contributed by atoms with Gasteiger partial charge < -0.3 is 19.3 Å². The first-order valence-electron chi connectivity index (χ1n) is 8.52. The van der Waals surface area contributed by atoms with Gasteiger partial charge in [0.05, 0.1) is 26.4 Å². The molecule has 0 fully saturated rings. The number of ether oxygens (including phenoxy) is 3. The summed E-state index contributed by atoms with van der Waals surface area (Å²) in [4.78, 5) is 0. The van der Waals surface area contributed by atoms with Crippen LogP contribution in [0.15, 0.2) is 48.5 Å². The highest BCUT2D eigenvalue weighted by molar-refractivity contribution is 5.41. The minimum absolute atomic E-state index is 0.112. The van der Waals surface area contributed by atoms with Crippen LogP contribution in [0, 0.1) is 0 Å². The summed E-state index contributed by atoms with van der Waals surface area (Å²) in [7, 11) is 3.25. The Hall–Kier alpha value is -2.04. The van der Waals surface area contributed by atoms with Gasteiger partial charge in [-0.15, -0.1) is 0 Å². The predicted octanol–water partition coefficient (Wildman–Crippen LogP) is 3.80. The van der Waals surface area contributed by atoms with E-state index in [1.54, 1.807) is 14.2 Å². The summed E-state index contributed by atoms with van der Waals surface area (Å²) >= 11 is 0. The topological polar surface area (TPSA) is 47.9 Å². The molecule has 4 nitrogen and oxygen atoms in total. The number of methoxy groups -OCH3 is 2. The van der Waals surface area contributed by atoms with Crippen LogP contribution in [0.1, 0.15) is 31.4 Å². The van der Waals surface area contributed by atoms with Crippen molar-refractivity contribution >= 4 is 0 Å². The molecular weight excluding hydrogens is 316 g/mol. The Bertz CT molecular complexity index is 632. The van der Waals surface area contributed by atoms with Crippen molar-refractivity contribution < 1.29 is 19.3 Å². The highest BCUT2D eigenvalue weighted by Gasteiger charge is 2.23. The summed E-state index contributed by atoms with van der Waals surface area (Å²) in [5.74, 6) is 1.66. The minimum atomic E-state index is -0.488. The van der Waals surface area contributed by atoms with E-state index in [0.717, 1.165) is 11.5 Å². The van der Waals surface area contributed by atoms with Crippen LogP contribution in [-0.2, 0) is 10.2 Å². The van der Waals surface area contributed by atoms with Crippen LogP contribution >= 0.6 is 0 Å². The van der Waals surface area contributed by atoms with Crippen LogP contribution in [0.4, 0.5) is 0 Å². The molecule has 136 valence electrons. The first-order valence-corrected chi connectivity index (χ1v) is 8.52. The quantitative estimate of drug-likeness (QED) is 0.752. The lowest BCUT2D eigenvalue weighted by Crippen LogP contribution is -2.19. The summed E-state index contributed by atoms with van der Waals surface area (Å²) < 4.78 is 15.8. The zero-order valence-electron chi connectivity index (χ0n) is 15.5. The van der Waals surface area contributed by atoms with E-state index in [1.807, 2.05) is 24.3 Å². The molecule has 0 aromatic heterocycles. The highest BCUT2D eigenvalue weighted by atomic mass is 16.5. The Kier molecular flexibility index (Phi) is 6.85. The van der Waals surface area contributed by atoms with Crippen LogP contribution in [0.3, 0.4) is 0 Å². The van der Waals surface area contributed by atoms with Crippen LogP contribution in [0.25, 0.3) is 0 Å². The Labute approximate surface area is 150 Å². The van der Waals surface area contributed by atoms with Crippen molar-refractivity contribution in [1.82, 2.24) is 0 Å². The largest absolute Gasteiger partial charge is 0.497 e. The van der Waals surface area contributed by atoms with Crippen molar-refractivity contribution in [3.63, 3.8) is 0 Å². The van der Waals surface area contributed by atoms with Gasteiger partial charge in [0.15, 0.2) is 0 Å². The van der Waals surface area contributed by atoms with Crippen molar-refractivity contribution in [2.75, 3.05) is 27.4 Å². The van der Waals surface area contributed by atoms with Gasteiger partial charge in [0, 0.05) is 18.9 Å². The fraction of sp³-hybridized carbons (Fsp3) is 0.429. The van der Waals surface area contributed by atoms with E-state index in [-0.39, 0.29) is 5.41 Å². The van der Waals surface area contributed by atoms with Crippen molar-refractivity contribution in [2.24, 2.45) is 0 Å². The van der Waals surface area contributed by atoms with E-state index in [2.05, 4.69) is 38.1 Å². The lowest BCUT2D eigenvalue weighted by Gasteiger charge is -2.26. The van der Waals surface area contributed by atoms with Crippen LogP contribution in [0.5, 0.6) is 11.5 Å². The van der Waals surface area contributed by atoms with Crippen LogP contribution in [-0.4, -0.2) is 38.6 Å². The zero-order chi connectivity index (χ0) is 18.3. The first kappa shape index (κ1) is 19.3. The third-order valence-electron chi connectivity index (χ3n) is 4.47. The Morgan fingerprint density at radius 2 is 1.40 bits per heavy atom. The molecule has 0 aliphatic carbocycles. The summed E-state index contributed by atoms with van der Waals surface area (Å²) in [6.07, 6.45) is 0.0608. The number of aliphatic hydroxyl groups is 1. The van der Waals surface area contributed by atoms with Crippen LogP contribution < -0.4 is 9.47 Å². The van der Waals surface area contributed by atoms with Gasteiger partial charge in [0.25, 0.3) is 0 Å². The second-order valence-electron chi connectivity index (χ2n) is 6.62. The van der Waals surface area contributed by atoms with Crippen LogP contribution in [0.2, 0.25) is 0 Å². The SMILES string of the molecule is COCC(O)CCOc1ccc(C(C)(C)c2ccc(OC)cc2)cc1. The lowest BCUT2D eigenvalue weighted by atomic mass is 9.78. The average Bonchev–Trinajstić information content (AvgIpc) is 2.62. The molecule has 0 heterocycles. The van der Waals surface area contributed by atoms with Gasteiger partial charge in [0.2, 0.25) is 0 Å². The van der Waals surface area contributed by atoms with Gasteiger partial charge in [-0.05, 0) is 35.4 Å². The second-order valence-corrected chi connectivity index (χ2v) is 6.62. The summed E-state index contributed by atoms with van der Waals surface area (Å²) in [5, 5.41) is 9.63. The highest BCUT2D eigenvalue weighted by Crippen LogP contribution is 2.33. The molecule has 1 atom stereocenters. The molecule has 0 aliphatic rings. The Morgan fingerprint density at radius 1 is 0.880 bits per heavy atom. The molecule has 0 aliphatic heterocycles. The number of rotatable bonds is 9. The molecule has 0 saturated heterocycles. The van der Waals surface area contributed by atoms with E-state index in [0.29, 0.717) is 19.6 Å². The molecule has 0 spiro atoms. The number of hydrogen-bond donors (Lipinski definition) is 1. The maximum Gasteiger partial charge on any atom is 0.119 e. The predicted molar refractivity (Wildman–Crippen MR) is 99.6 cm³/mol. The van der Waals surface area contributed by atoms with E-state index < -0.39 is 6.10 Å². The third kappa shape index (κ3) is 5.21. The van der Waals surface area contributed by atoms with Gasteiger partial charge in [0.1, 0.15) is 11.5 Å². The maximum atomic E-state index is 9.63. The fourth-order valence-corrected chi connectivity index (χ4v) is 2.73. The van der Waals surface area contributed by atoms with Crippen molar-refractivity contribution in [1.29, 1.82) is 0 Å². The molecule has 2 aromatic carbocycles. The number of aliphatic hydroxyl groups excluding tert-OH is 1. The first-order chi connectivity index (χ1) is 12.0. The van der Waals surface area contributed by atoms with Crippen molar-refractivity contribution in [2.45, 2.75) is 31.8 Å². The van der Waals surface area contributed by atoms with E-state index in [4.69, 9.17) is 14.2 Å². The second kappa shape index (κ2) is 8.88. The molecule has 2 aromatic rings. The van der Waals surface area contributed by atoms with Gasteiger partial charge in [-0.2, -0.15) is 0 Å². The van der Waals surface area contributed by atoms with Gasteiger partial charge in [-0.25, -0.2) is 0 Å². The Balaban J connectivity index is 2.00. The van der Waals surface area contributed by atoms with Crippen molar-refractivity contribution in [3.8, 4) is 11.5 Å². The number of benzene rings is 2. The maximum absolute atomic E-state index is 9.63. The molecule has 0 saturated carbocycles. The van der Waals surface area contributed by atoms with E-state index in [1.165, 1.54) is 11.1 Å². The monoisotopic (exact) mass is 344 g/mol. The average molecular weight is 344 g/mol. The smallest absolute Gasteiger partial charge is 0.119 e. The summed E-state index contributed by atoms with van der Waals surface area (Å²) in [6, 6.07) is 16.3. The van der Waals surface area contributed by atoms with Gasteiger partial charge >= 0.3 is 0 Å².